The number of likely N-dealkylation sites (N-methyl/N-ethyl adjacent to an activating group) is 1. The van der Waals surface area contributed by atoms with Crippen molar-refractivity contribution < 1.29 is 14.6 Å². The van der Waals surface area contributed by atoms with Crippen LogP contribution in [0.5, 0.6) is 5.75 Å². The Morgan fingerprint density at radius 3 is 2.50 bits per heavy atom. The van der Waals surface area contributed by atoms with Gasteiger partial charge in [-0.3, -0.25) is 4.79 Å². The van der Waals surface area contributed by atoms with Crippen LogP contribution in [0.1, 0.15) is 35.3 Å². The minimum atomic E-state index is -0.901. The van der Waals surface area contributed by atoms with Crippen molar-refractivity contribution in [2.24, 2.45) is 5.18 Å². The van der Waals surface area contributed by atoms with Crippen LogP contribution in [0.25, 0.3) is 0 Å². The maximum absolute atomic E-state index is 13.3. The van der Waals surface area contributed by atoms with Crippen molar-refractivity contribution in [2.75, 3.05) is 19.1 Å². The average molecular weight is 383 g/mol. The maximum atomic E-state index is 13.3. The fourth-order valence-electron chi connectivity index (χ4n) is 3.85. The number of anilines is 1. The molecular weight excluding hydrogens is 358 g/mol. The molecule has 1 amide bonds. The molecule has 2 heterocycles. The van der Waals surface area contributed by atoms with Gasteiger partial charge in [-0.05, 0) is 34.9 Å². The Kier molecular flexibility index (Phi) is 5.65. The fraction of sp³-hybridized carbons (Fsp3) is 0.381. The highest BCUT2D eigenvalue weighted by Gasteiger charge is 2.41. The van der Waals surface area contributed by atoms with Crippen LogP contribution in [0.15, 0.2) is 41.6 Å². The van der Waals surface area contributed by atoms with Crippen molar-refractivity contribution >= 4 is 17.3 Å². The summed E-state index contributed by atoms with van der Waals surface area (Å²) in [6.45, 7) is 4.43. The summed E-state index contributed by atoms with van der Waals surface area (Å²) in [5.74, 6) is 0.0458. The molecule has 2 atom stereocenters. The van der Waals surface area contributed by atoms with E-state index in [-0.39, 0.29) is 23.4 Å². The van der Waals surface area contributed by atoms with E-state index in [1.807, 2.05) is 38.1 Å². The van der Waals surface area contributed by atoms with Crippen LogP contribution in [0.2, 0.25) is 0 Å². The zero-order valence-corrected chi connectivity index (χ0v) is 16.5. The number of methoxy groups -OCH3 is 1. The van der Waals surface area contributed by atoms with Gasteiger partial charge in [-0.1, -0.05) is 38.1 Å². The molecule has 28 heavy (non-hydrogen) atoms. The van der Waals surface area contributed by atoms with E-state index in [0.717, 1.165) is 11.1 Å². The third-order valence-electron chi connectivity index (χ3n) is 5.30. The number of fused-ring (bicyclic) bond motifs is 3. The van der Waals surface area contributed by atoms with Gasteiger partial charge in [0.1, 0.15) is 12.0 Å². The molecule has 0 aliphatic carbocycles. The molecule has 0 radical (unpaired) electrons. The Labute approximate surface area is 164 Å². The first-order valence-electron chi connectivity index (χ1n) is 9.39. The fourth-order valence-corrected chi connectivity index (χ4v) is 3.85. The number of aliphatic hydroxyl groups is 1. The van der Waals surface area contributed by atoms with Crippen molar-refractivity contribution in [3.05, 3.63) is 58.0 Å². The predicted molar refractivity (Wildman–Crippen MR) is 108 cm³/mol. The highest BCUT2D eigenvalue weighted by molar-refractivity contribution is 6.02. The Bertz CT molecular complexity index is 899. The largest absolute Gasteiger partial charge is 0.494 e. The Morgan fingerprint density at radius 1 is 1.18 bits per heavy atom. The summed E-state index contributed by atoms with van der Waals surface area (Å²) in [7, 11) is 3.14. The van der Waals surface area contributed by atoms with Crippen LogP contribution in [-0.2, 0) is 13.0 Å². The lowest BCUT2D eigenvalue weighted by Crippen LogP contribution is -2.53. The summed E-state index contributed by atoms with van der Waals surface area (Å²) in [5.41, 5.74) is 3.16. The van der Waals surface area contributed by atoms with E-state index < -0.39 is 6.23 Å². The molecule has 7 nitrogen and oxygen atoms in total. The monoisotopic (exact) mass is 383 g/mol. The summed E-state index contributed by atoms with van der Waals surface area (Å²) in [4.78, 5) is 27.7. The van der Waals surface area contributed by atoms with Crippen LogP contribution in [0.3, 0.4) is 0 Å². The number of hydrogen-bond acceptors (Lipinski definition) is 6. The van der Waals surface area contributed by atoms with Crippen LogP contribution >= 0.6 is 0 Å². The van der Waals surface area contributed by atoms with E-state index in [0.29, 0.717) is 24.2 Å². The smallest absolute Gasteiger partial charge is 0.256 e. The summed E-state index contributed by atoms with van der Waals surface area (Å²) < 4.78 is 5.20. The zero-order chi connectivity index (χ0) is 20.4. The normalized spacial score (nSPS) is 20.1. The van der Waals surface area contributed by atoms with Crippen LogP contribution < -0.4 is 9.64 Å². The quantitative estimate of drug-likeness (QED) is 0.803. The van der Waals surface area contributed by atoms with Crippen molar-refractivity contribution in [2.45, 2.75) is 39.1 Å². The molecule has 148 valence electrons. The number of ether oxygens (including phenoxy) is 1. The number of benzene rings is 2. The Morgan fingerprint density at radius 2 is 1.86 bits per heavy atom. The van der Waals surface area contributed by atoms with Gasteiger partial charge in [0, 0.05) is 13.6 Å². The lowest BCUT2D eigenvalue weighted by atomic mass is 9.93. The number of aliphatic hydroxyl groups excluding tert-OH is 1. The Hall–Kier alpha value is -2.93. The summed E-state index contributed by atoms with van der Waals surface area (Å²) in [6.07, 6.45) is -0.335. The third kappa shape index (κ3) is 3.11. The van der Waals surface area contributed by atoms with E-state index in [1.165, 1.54) is 19.2 Å². The molecule has 0 fully saturated rings. The van der Waals surface area contributed by atoms with E-state index in [1.54, 1.807) is 16.8 Å². The molecule has 2 aliphatic heterocycles. The number of rotatable bonds is 2. The van der Waals surface area contributed by atoms with Gasteiger partial charge in [0.25, 0.3) is 5.91 Å². The SMILES string of the molecule is CC.COc1cc2c(cc1N=O)N(C)C(O)C1Cc3ccccc3CN1C2=O. The van der Waals surface area contributed by atoms with Gasteiger partial charge in [-0.15, -0.1) is 4.91 Å². The molecule has 2 aliphatic rings. The molecule has 2 aromatic carbocycles. The zero-order valence-electron chi connectivity index (χ0n) is 16.5. The predicted octanol–water partition coefficient (Wildman–Crippen LogP) is 3.45. The number of amides is 1. The first-order chi connectivity index (χ1) is 13.5. The topological polar surface area (TPSA) is 82.4 Å². The second kappa shape index (κ2) is 7.98. The van der Waals surface area contributed by atoms with Crippen LogP contribution in [0.4, 0.5) is 11.4 Å². The van der Waals surface area contributed by atoms with Crippen molar-refractivity contribution in [1.82, 2.24) is 4.90 Å². The minimum absolute atomic E-state index is 0.0984. The van der Waals surface area contributed by atoms with Gasteiger partial charge in [0.05, 0.1) is 24.4 Å². The number of carbonyl (C=O) groups excluding carboxylic acids is 1. The van der Waals surface area contributed by atoms with E-state index in [2.05, 4.69) is 5.18 Å². The summed E-state index contributed by atoms with van der Waals surface area (Å²) in [6, 6.07) is 10.6. The number of nitrogens with zero attached hydrogens (tertiary/aromatic N) is 3. The maximum Gasteiger partial charge on any atom is 0.256 e. The van der Waals surface area contributed by atoms with Gasteiger partial charge in [-0.2, -0.15) is 0 Å². The number of carbonyl (C=O) groups is 1. The molecule has 0 saturated heterocycles. The van der Waals surface area contributed by atoms with Gasteiger partial charge >= 0.3 is 0 Å². The molecule has 2 unspecified atom stereocenters. The van der Waals surface area contributed by atoms with Gasteiger partial charge in [0.15, 0.2) is 5.69 Å². The first-order valence-corrected chi connectivity index (χ1v) is 9.39. The van der Waals surface area contributed by atoms with Crippen LogP contribution in [0, 0.1) is 4.91 Å². The highest BCUT2D eigenvalue weighted by atomic mass is 16.5. The standard InChI is InChI=1S/C19H19N3O4.C2H6/c1-21-15-9-14(20-25)17(26-2)8-13(15)18(23)22-10-12-6-4-3-5-11(12)7-16(22)19(21)24;1-2/h3-6,8-9,16,19,24H,7,10H2,1-2H3;1-2H3. The Balaban J connectivity index is 0.00000109. The molecule has 0 saturated carbocycles. The average Bonchev–Trinajstić information content (AvgIpc) is 2.82. The van der Waals surface area contributed by atoms with E-state index in [9.17, 15) is 14.8 Å². The second-order valence-electron chi connectivity index (χ2n) is 6.63. The molecule has 2 aromatic rings. The lowest BCUT2D eigenvalue weighted by Gasteiger charge is -2.39. The van der Waals surface area contributed by atoms with Gasteiger partial charge in [-0.25, -0.2) is 0 Å². The van der Waals surface area contributed by atoms with Crippen LogP contribution in [-0.4, -0.2) is 42.3 Å². The summed E-state index contributed by atoms with van der Waals surface area (Å²) >= 11 is 0. The number of nitroso groups, excluding NO2 is 1. The second-order valence-corrected chi connectivity index (χ2v) is 6.63. The highest BCUT2D eigenvalue weighted by Crippen LogP contribution is 2.40. The van der Waals surface area contributed by atoms with Crippen molar-refractivity contribution in [3.8, 4) is 5.75 Å². The van der Waals surface area contributed by atoms with Gasteiger partial charge in [0.2, 0.25) is 0 Å². The van der Waals surface area contributed by atoms with Crippen molar-refractivity contribution in [3.63, 3.8) is 0 Å². The summed E-state index contributed by atoms with van der Waals surface area (Å²) in [5, 5.41) is 13.9. The van der Waals surface area contributed by atoms with Crippen molar-refractivity contribution in [1.29, 1.82) is 0 Å². The molecule has 0 bridgehead atoms. The lowest BCUT2D eigenvalue weighted by molar-refractivity contribution is 0.0326. The first kappa shape index (κ1) is 19.8. The molecular formula is C21H25N3O4. The number of hydrogen-bond donors (Lipinski definition) is 1. The molecule has 1 N–H and O–H groups in total. The molecule has 0 spiro atoms. The van der Waals surface area contributed by atoms with Gasteiger partial charge < -0.3 is 19.6 Å². The molecule has 7 heteroatoms. The molecule has 4 rings (SSSR count). The minimum Gasteiger partial charge on any atom is -0.494 e. The molecule has 0 aromatic heterocycles. The third-order valence-corrected chi connectivity index (χ3v) is 5.30. The van der Waals surface area contributed by atoms with E-state index in [4.69, 9.17) is 4.74 Å². The van der Waals surface area contributed by atoms with E-state index >= 15 is 0 Å².